The standard InChI is InChI=1S/C32H40FN3O4S/c1-7-30(32(38)34-19-22(2)3)35(20-26-11-13-27(33)14-12-26)31(37)21-36(28-15-10-24(5)25(6)18-28)41(39,40)29-16-8-23(4)9-17-29/h8-18,22,30H,7,19-21H2,1-6H3,(H,34,38)/t30-/m0/s1. The van der Waals surface area contributed by atoms with Crippen molar-refractivity contribution in [2.24, 2.45) is 5.92 Å². The molecule has 0 aliphatic rings. The number of benzene rings is 3. The molecule has 1 N–H and O–H groups in total. The minimum absolute atomic E-state index is 0.0120. The van der Waals surface area contributed by atoms with Crippen LogP contribution in [0, 0.1) is 32.5 Å². The van der Waals surface area contributed by atoms with Gasteiger partial charge in [-0.25, -0.2) is 12.8 Å². The van der Waals surface area contributed by atoms with Crippen LogP contribution in [0.5, 0.6) is 0 Å². The first kappa shape index (κ1) is 31.8. The van der Waals surface area contributed by atoms with Gasteiger partial charge in [0.25, 0.3) is 10.0 Å². The number of nitrogens with zero attached hydrogens (tertiary/aromatic N) is 2. The van der Waals surface area contributed by atoms with Crippen LogP contribution < -0.4 is 9.62 Å². The number of halogens is 1. The van der Waals surface area contributed by atoms with Gasteiger partial charge in [0.1, 0.15) is 18.4 Å². The van der Waals surface area contributed by atoms with Crippen molar-refractivity contribution in [2.75, 3.05) is 17.4 Å². The second kappa shape index (κ2) is 13.8. The van der Waals surface area contributed by atoms with E-state index >= 15 is 0 Å². The lowest BCUT2D eigenvalue weighted by Gasteiger charge is -2.33. The van der Waals surface area contributed by atoms with Crippen LogP contribution in [-0.4, -0.2) is 44.3 Å². The lowest BCUT2D eigenvalue weighted by molar-refractivity contribution is -0.140. The summed E-state index contributed by atoms with van der Waals surface area (Å²) in [5.41, 5.74) is 3.73. The highest BCUT2D eigenvalue weighted by molar-refractivity contribution is 7.92. The van der Waals surface area contributed by atoms with Crippen LogP contribution in [0.2, 0.25) is 0 Å². The first-order chi connectivity index (χ1) is 19.3. The Balaban J connectivity index is 2.06. The Labute approximate surface area is 243 Å². The molecule has 9 heteroatoms. The van der Waals surface area contributed by atoms with E-state index in [1.165, 1.54) is 29.2 Å². The van der Waals surface area contributed by atoms with Gasteiger partial charge < -0.3 is 10.2 Å². The third-order valence-corrected chi connectivity index (χ3v) is 8.79. The topological polar surface area (TPSA) is 86.8 Å². The van der Waals surface area contributed by atoms with Gasteiger partial charge in [0.2, 0.25) is 11.8 Å². The molecule has 0 heterocycles. The summed E-state index contributed by atoms with van der Waals surface area (Å²) in [6.45, 7) is 11.3. The van der Waals surface area contributed by atoms with Crippen molar-refractivity contribution in [1.82, 2.24) is 10.2 Å². The van der Waals surface area contributed by atoms with E-state index in [0.717, 1.165) is 21.0 Å². The maximum Gasteiger partial charge on any atom is 0.264 e. The van der Waals surface area contributed by atoms with Gasteiger partial charge in [-0.15, -0.1) is 0 Å². The molecule has 0 saturated heterocycles. The molecule has 3 rings (SSSR count). The molecule has 0 aliphatic carbocycles. The molecule has 7 nitrogen and oxygen atoms in total. The van der Waals surface area contributed by atoms with Crippen LogP contribution in [0.4, 0.5) is 10.1 Å². The van der Waals surface area contributed by atoms with E-state index in [9.17, 15) is 22.4 Å². The van der Waals surface area contributed by atoms with Crippen LogP contribution in [-0.2, 0) is 26.2 Å². The normalized spacial score (nSPS) is 12.2. The average molecular weight is 582 g/mol. The zero-order valence-electron chi connectivity index (χ0n) is 24.6. The highest BCUT2D eigenvalue weighted by Gasteiger charge is 2.33. The van der Waals surface area contributed by atoms with Gasteiger partial charge in [-0.2, -0.15) is 0 Å². The van der Waals surface area contributed by atoms with E-state index in [4.69, 9.17) is 0 Å². The smallest absolute Gasteiger partial charge is 0.264 e. The molecule has 41 heavy (non-hydrogen) atoms. The molecule has 0 fully saturated rings. The van der Waals surface area contributed by atoms with Crippen molar-refractivity contribution in [3.63, 3.8) is 0 Å². The van der Waals surface area contributed by atoms with E-state index in [0.29, 0.717) is 24.2 Å². The second-order valence-electron chi connectivity index (χ2n) is 10.8. The summed E-state index contributed by atoms with van der Waals surface area (Å²) in [6, 6.07) is 16.5. The van der Waals surface area contributed by atoms with Crippen LogP contribution in [0.25, 0.3) is 0 Å². The van der Waals surface area contributed by atoms with E-state index in [-0.39, 0.29) is 23.3 Å². The van der Waals surface area contributed by atoms with Crippen molar-refractivity contribution in [3.05, 3.63) is 94.8 Å². The SMILES string of the molecule is CC[C@@H](C(=O)NCC(C)C)N(Cc1ccc(F)cc1)C(=O)CN(c1ccc(C)c(C)c1)S(=O)(=O)c1ccc(C)cc1. The first-order valence-electron chi connectivity index (χ1n) is 13.8. The Kier molecular flexibility index (Phi) is 10.7. The van der Waals surface area contributed by atoms with Gasteiger partial charge in [0.15, 0.2) is 0 Å². The first-order valence-corrected chi connectivity index (χ1v) is 15.3. The number of rotatable bonds is 12. The van der Waals surface area contributed by atoms with E-state index < -0.39 is 34.3 Å². The molecule has 0 unspecified atom stereocenters. The molecule has 0 aliphatic heterocycles. The van der Waals surface area contributed by atoms with E-state index in [1.807, 2.05) is 40.7 Å². The molecule has 2 amide bonds. The lowest BCUT2D eigenvalue weighted by Crippen LogP contribution is -2.52. The second-order valence-corrected chi connectivity index (χ2v) is 12.7. The van der Waals surface area contributed by atoms with Gasteiger partial charge in [0.05, 0.1) is 10.6 Å². The van der Waals surface area contributed by atoms with Crippen LogP contribution in [0.1, 0.15) is 49.4 Å². The Morgan fingerprint density at radius 2 is 1.54 bits per heavy atom. The average Bonchev–Trinajstić information content (AvgIpc) is 2.93. The molecule has 220 valence electrons. The molecule has 3 aromatic rings. The van der Waals surface area contributed by atoms with Crippen molar-refractivity contribution in [2.45, 2.75) is 65.4 Å². The molecular formula is C32H40FN3O4S. The van der Waals surface area contributed by atoms with Crippen LogP contribution >= 0.6 is 0 Å². The number of anilines is 1. The van der Waals surface area contributed by atoms with E-state index in [1.54, 1.807) is 43.3 Å². The maximum absolute atomic E-state index is 14.1. The molecule has 0 saturated carbocycles. The largest absolute Gasteiger partial charge is 0.354 e. The number of carbonyl (C=O) groups is 2. The molecule has 0 bridgehead atoms. The highest BCUT2D eigenvalue weighted by atomic mass is 32.2. The summed E-state index contributed by atoms with van der Waals surface area (Å²) in [5, 5.41) is 2.90. The highest BCUT2D eigenvalue weighted by Crippen LogP contribution is 2.27. The Morgan fingerprint density at radius 1 is 0.902 bits per heavy atom. The summed E-state index contributed by atoms with van der Waals surface area (Å²) in [5.74, 6) is -1.08. The number of hydrogen-bond acceptors (Lipinski definition) is 4. The monoisotopic (exact) mass is 581 g/mol. The fraction of sp³-hybridized carbons (Fsp3) is 0.375. The molecule has 0 aromatic heterocycles. The molecule has 1 atom stereocenters. The number of sulfonamides is 1. The Hall–Kier alpha value is -3.72. The quantitative estimate of drug-likeness (QED) is 0.305. The lowest BCUT2D eigenvalue weighted by atomic mass is 10.1. The number of hydrogen-bond donors (Lipinski definition) is 1. The third kappa shape index (κ3) is 8.16. The molecule has 0 spiro atoms. The summed E-state index contributed by atoms with van der Waals surface area (Å²) < 4.78 is 42.7. The van der Waals surface area contributed by atoms with Crippen molar-refractivity contribution >= 4 is 27.5 Å². The summed E-state index contributed by atoms with van der Waals surface area (Å²) in [6.07, 6.45) is 0.311. The molecular weight excluding hydrogens is 541 g/mol. The van der Waals surface area contributed by atoms with Crippen molar-refractivity contribution < 1.29 is 22.4 Å². The van der Waals surface area contributed by atoms with E-state index in [2.05, 4.69) is 5.32 Å². The van der Waals surface area contributed by atoms with Crippen molar-refractivity contribution in [3.8, 4) is 0 Å². The Morgan fingerprint density at radius 3 is 2.10 bits per heavy atom. The Bertz CT molecular complexity index is 1460. The van der Waals surface area contributed by atoms with Gasteiger partial charge >= 0.3 is 0 Å². The number of nitrogens with one attached hydrogen (secondary N) is 1. The number of aryl methyl sites for hydroxylation is 3. The zero-order valence-corrected chi connectivity index (χ0v) is 25.5. The summed E-state index contributed by atoms with van der Waals surface area (Å²) in [4.78, 5) is 28.8. The van der Waals surface area contributed by atoms with Gasteiger partial charge in [0, 0.05) is 13.1 Å². The van der Waals surface area contributed by atoms with Crippen LogP contribution in [0.15, 0.2) is 71.6 Å². The summed E-state index contributed by atoms with van der Waals surface area (Å²) >= 11 is 0. The fourth-order valence-corrected chi connectivity index (χ4v) is 5.78. The minimum atomic E-state index is -4.15. The maximum atomic E-state index is 14.1. The zero-order chi connectivity index (χ0) is 30.3. The van der Waals surface area contributed by atoms with Gasteiger partial charge in [-0.1, -0.05) is 56.7 Å². The minimum Gasteiger partial charge on any atom is -0.354 e. The number of carbonyl (C=O) groups excluding carboxylic acids is 2. The fourth-order valence-electron chi connectivity index (χ4n) is 4.38. The van der Waals surface area contributed by atoms with Crippen LogP contribution in [0.3, 0.4) is 0 Å². The predicted octanol–water partition coefficient (Wildman–Crippen LogP) is 5.53. The van der Waals surface area contributed by atoms with Gasteiger partial charge in [-0.05, 0) is 86.2 Å². The summed E-state index contributed by atoms with van der Waals surface area (Å²) in [7, 11) is -4.15. The molecule has 3 aromatic carbocycles. The third-order valence-electron chi connectivity index (χ3n) is 7.00. The molecule has 0 radical (unpaired) electrons. The predicted molar refractivity (Wildman–Crippen MR) is 161 cm³/mol. The number of amides is 2. The van der Waals surface area contributed by atoms with Gasteiger partial charge in [-0.3, -0.25) is 13.9 Å². The van der Waals surface area contributed by atoms with Crippen molar-refractivity contribution in [1.29, 1.82) is 0 Å².